The molecular weight excluding hydrogens is 200 g/mol. The van der Waals surface area contributed by atoms with Crippen LogP contribution in [0.15, 0.2) is 30.3 Å². The maximum Gasteiger partial charge on any atom is 0.306 e. The molecule has 0 amide bonds. The molecule has 2 heteroatoms. The average Bonchev–Trinajstić information content (AvgIpc) is 2.26. The second kappa shape index (κ2) is 6.31. The van der Waals surface area contributed by atoms with Crippen molar-refractivity contribution in [3.63, 3.8) is 0 Å². The number of hydrogen-bond acceptors (Lipinski definition) is 2. The second-order valence-electron chi connectivity index (χ2n) is 4.39. The van der Waals surface area contributed by atoms with E-state index in [0.29, 0.717) is 12.3 Å². The number of ether oxygens (including phenoxy) is 1. The standard InChI is InChI=1S/C14H20O2/c1-11(2)16-14(15)10-9-12(3)13-7-5-4-6-8-13/h4-8,11-12H,9-10H2,1-3H3. The Morgan fingerprint density at radius 2 is 1.81 bits per heavy atom. The lowest BCUT2D eigenvalue weighted by Gasteiger charge is -2.12. The van der Waals surface area contributed by atoms with Crippen LogP contribution >= 0.6 is 0 Å². The first kappa shape index (κ1) is 12.8. The van der Waals surface area contributed by atoms with Gasteiger partial charge in [-0.05, 0) is 31.7 Å². The highest BCUT2D eigenvalue weighted by Crippen LogP contribution is 2.20. The fourth-order valence-electron chi connectivity index (χ4n) is 1.60. The summed E-state index contributed by atoms with van der Waals surface area (Å²) in [7, 11) is 0. The number of carbonyl (C=O) groups is 1. The zero-order chi connectivity index (χ0) is 12.0. The van der Waals surface area contributed by atoms with E-state index in [1.807, 2.05) is 32.0 Å². The molecule has 0 aliphatic carbocycles. The van der Waals surface area contributed by atoms with Crippen molar-refractivity contribution in [2.45, 2.75) is 45.6 Å². The Morgan fingerprint density at radius 3 is 2.38 bits per heavy atom. The third-order valence-electron chi connectivity index (χ3n) is 2.52. The summed E-state index contributed by atoms with van der Waals surface area (Å²) < 4.78 is 5.10. The number of esters is 1. The summed E-state index contributed by atoms with van der Waals surface area (Å²) >= 11 is 0. The first-order chi connectivity index (χ1) is 7.59. The molecule has 0 aliphatic rings. The van der Waals surface area contributed by atoms with Gasteiger partial charge in [0.2, 0.25) is 0 Å². The molecule has 1 aromatic rings. The Kier molecular flexibility index (Phi) is 5.03. The Bertz CT molecular complexity index is 317. The lowest BCUT2D eigenvalue weighted by Crippen LogP contribution is -2.11. The predicted octanol–water partition coefficient (Wildman–Crippen LogP) is 3.52. The average molecular weight is 220 g/mol. The van der Waals surface area contributed by atoms with Gasteiger partial charge in [0.05, 0.1) is 6.10 Å². The first-order valence-electron chi connectivity index (χ1n) is 5.84. The van der Waals surface area contributed by atoms with Crippen LogP contribution < -0.4 is 0 Å². The minimum absolute atomic E-state index is 0.0143. The van der Waals surface area contributed by atoms with Crippen LogP contribution in [0, 0.1) is 0 Å². The third kappa shape index (κ3) is 4.47. The van der Waals surface area contributed by atoms with Crippen LogP contribution in [0.25, 0.3) is 0 Å². The lowest BCUT2D eigenvalue weighted by atomic mass is 9.96. The smallest absolute Gasteiger partial charge is 0.306 e. The van der Waals surface area contributed by atoms with Crippen molar-refractivity contribution in [1.82, 2.24) is 0 Å². The van der Waals surface area contributed by atoms with Gasteiger partial charge in [-0.1, -0.05) is 37.3 Å². The monoisotopic (exact) mass is 220 g/mol. The van der Waals surface area contributed by atoms with Gasteiger partial charge in [-0.15, -0.1) is 0 Å². The maximum absolute atomic E-state index is 11.4. The minimum Gasteiger partial charge on any atom is -0.463 e. The normalized spacial score (nSPS) is 12.5. The van der Waals surface area contributed by atoms with Crippen molar-refractivity contribution in [2.75, 3.05) is 0 Å². The topological polar surface area (TPSA) is 26.3 Å². The zero-order valence-corrected chi connectivity index (χ0v) is 10.3. The van der Waals surface area contributed by atoms with Crippen LogP contribution in [0.4, 0.5) is 0 Å². The van der Waals surface area contributed by atoms with Gasteiger partial charge in [0.15, 0.2) is 0 Å². The molecule has 0 aliphatic heterocycles. The molecule has 0 N–H and O–H groups in total. The molecule has 0 fully saturated rings. The van der Waals surface area contributed by atoms with Crippen molar-refractivity contribution in [1.29, 1.82) is 0 Å². The fourth-order valence-corrected chi connectivity index (χ4v) is 1.60. The van der Waals surface area contributed by atoms with Gasteiger partial charge in [-0.3, -0.25) is 4.79 Å². The molecule has 1 unspecified atom stereocenters. The molecule has 0 bridgehead atoms. The van der Waals surface area contributed by atoms with E-state index in [4.69, 9.17) is 4.74 Å². The van der Waals surface area contributed by atoms with Gasteiger partial charge in [-0.2, -0.15) is 0 Å². The van der Waals surface area contributed by atoms with Crippen molar-refractivity contribution >= 4 is 5.97 Å². The Balaban J connectivity index is 2.36. The number of carbonyl (C=O) groups excluding carboxylic acids is 1. The van der Waals surface area contributed by atoms with Gasteiger partial charge in [0.25, 0.3) is 0 Å². The van der Waals surface area contributed by atoms with Gasteiger partial charge < -0.3 is 4.74 Å². The molecule has 2 nitrogen and oxygen atoms in total. The van der Waals surface area contributed by atoms with Crippen molar-refractivity contribution in [3.8, 4) is 0 Å². The Morgan fingerprint density at radius 1 is 1.19 bits per heavy atom. The molecule has 0 aromatic heterocycles. The van der Waals surface area contributed by atoms with Crippen LogP contribution in [0.5, 0.6) is 0 Å². The first-order valence-corrected chi connectivity index (χ1v) is 5.84. The van der Waals surface area contributed by atoms with E-state index in [1.54, 1.807) is 0 Å². The summed E-state index contributed by atoms with van der Waals surface area (Å²) in [5.74, 6) is 0.304. The summed E-state index contributed by atoms with van der Waals surface area (Å²) in [4.78, 5) is 11.4. The van der Waals surface area contributed by atoms with Crippen molar-refractivity contribution in [2.24, 2.45) is 0 Å². The molecule has 0 heterocycles. The van der Waals surface area contributed by atoms with Crippen LogP contribution in [0.1, 0.15) is 45.1 Å². The van der Waals surface area contributed by atoms with Gasteiger partial charge >= 0.3 is 5.97 Å². The van der Waals surface area contributed by atoms with Crippen LogP contribution in [-0.4, -0.2) is 12.1 Å². The quantitative estimate of drug-likeness (QED) is 0.710. The van der Waals surface area contributed by atoms with Gasteiger partial charge in [0.1, 0.15) is 0 Å². The number of hydrogen-bond donors (Lipinski definition) is 0. The highest BCUT2D eigenvalue weighted by Gasteiger charge is 2.10. The van der Waals surface area contributed by atoms with E-state index in [9.17, 15) is 4.79 Å². The van der Waals surface area contributed by atoms with E-state index >= 15 is 0 Å². The molecule has 0 saturated heterocycles. The molecule has 88 valence electrons. The second-order valence-corrected chi connectivity index (χ2v) is 4.39. The molecule has 16 heavy (non-hydrogen) atoms. The lowest BCUT2D eigenvalue weighted by molar-refractivity contribution is -0.147. The van der Waals surface area contributed by atoms with E-state index in [2.05, 4.69) is 19.1 Å². The zero-order valence-electron chi connectivity index (χ0n) is 10.3. The maximum atomic E-state index is 11.4. The van der Waals surface area contributed by atoms with E-state index in [1.165, 1.54) is 5.56 Å². The largest absolute Gasteiger partial charge is 0.463 e. The van der Waals surface area contributed by atoms with E-state index in [0.717, 1.165) is 6.42 Å². The molecule has 1 atom stereocenters. The summed E-state index contributed by atoms with van der Waals surface area (Å²) in [5, 5.41) is 0. The van der Waals surface area contributed by atoms with Crippen LogP contribution in [0.2, 0.25) is 0 Å². The molecule has 0 radical (unpaired) electrons. The van der Waals surface area contributed by atoms with Crippen molar-refractivity contribution < 1.29 is 9.53 Å². The molecule has 0 spiro atoms. The molecule has 1 rings (SSSR count). The van der Waals surface area contributed by atoms with Crippen LogP contribution in [0.3, 0.4) is 0 Å². The summed E-state index contributed by atoms with van der Waals surface area (Å²) in [6, 6.07) is 10.2. The highest BCUT2D eigenvalue weighted by molar-refractivity contribution is 5.69. The predicted molar refractivity (Wildman–Crippen MR) is 65.3 cm³/mol. The summed E-state index contributed by atoms with van der Waals surface area (Å²) in [5.41, 5.74) is 1.28. The highest BCUT2D eigenvalue weighted by atomic mass is 16.5. The summed E-state index contributed by atoms with van der Waals surface area (Å²) in [6.07, 6.45) is 1.32. The minimum atomic E-state index is -0.0993. The molecule has 1 aromatic carbocycles. The molecule has 0 saturated carbocycles. The van der Waals surface area contributed by atoms with Gasteiger partial charge in [0, 0.05) is 6.42 Å². The number of benzene rings is 1. The van der Waals surface area contributed by atoms with E-state index in [-0.39, 0.29) is 12.1 Å². The molecular formula is C14H20O2. The van der Waals surface area contributed by atoms with Crippen molar-refractivity contribution in [3.05, 3.63) is 35.9 Å². The van der Waals surface area contributed by atoms with Crippen LogP contribution in [-0.2, 0) is 9.53 Å². The fraction of sp³-hybridized carbons (Fsp3) is 0.500. The van der Waals surface area contributed by atoms with Gasteiger partial charge in [-0.25, -0.2) is 0 Å². The Hall–Kier alpha value is -1.31. The number of rotatable bonds is 5. The van der Waals surface area contributed by atoms with E-state index < -0.39 is 0 Å². The Labute approximate surface area is 97.6 Å². The summed E-state index contributed by atoms with van der Waals surface area (Å²) in [6.45, 7) is 5.88. The third-order valence-corrected chi connectivity index (χ3v) is 2.52. The SMILES string of the molecule is CC(C)OC(=O)CCC(C)c1ccccc1.